The molecule has 2 aromatic carbocycles. The van der Waals surface area contributed by atoms with E-state index in [0.29, 0.717) is 12.8 Å². The number of Topliss-reactive ketones (excluding diaryl/α,β-unsaturated/α-hetero) is 1. The maximum absolute atomic E-state index is 12.8. The van der Waals surface area contributed by atoms with Gasteiger partial charge in [0.2, 0.25) is 0 Å². The molecule has 0 saturated heterocycles. The van der Waals surface area contributed by atoms with Gasteiger partial charge in [0.25, 0.3) is 5.69 Å². The van der Waals surface area contributed by atoms with Crippen molar-refractivity contribution in [2.75, 3.05) is 0 Å². The highest BCUT2D eigenvalue weighted by molar-refractivity contribution is 5.98. The number of hydrogen-bond donors (Lipinski definition) is 0. The zero-order valence-electron chi connectivity index (χ0n) is 13.7. The molecule has 0 spiro atoms. The third-order valence-electron chi connectivity index (χ3n) is 4.72. The summed E-state index contributed by atoms with van der Waals surface area (Å²) in [6.45, 7) is 1.87. The number of carbonyl (C=O) groups is 2. The Bertz CT molecular complexity index is 815. The van der Waals surface area contributed by atoms with E-state index in [2.05, 4.69) is 0 Å². The van der Waals surface area contributed by atoms with E-state index in [4.69, 9.17) is 4.74 Å². The van der Waals surface area contributed by atoms with Crippen LogP contribution in [0.5, 0.6) is 0 Å². The summed E-state index contributed by atoms with van der Waals surface area (Å²) < 4.78 is 5.37. The molecule has 0 bridgehead atoms. The van der Waals surface area contributed by atoms with E-state index in [1.165, 1.54) is 24.3 Å². The molecule has 2 atom stereocenters. The molecule has 0 radical (unpaired) electrons. The number of nitro benzene ring substituents is 1. The van der Waals surface area contributed by atoms with Crippen LogP contribution in [-0.4, -0.2) is 22.8 Å². The van der Waals surface area contributed by atoms with E-state index in [1.54, 1.807) is 0 Å². The SMILES string of the molecule is C[C@@]1(c2ccccc2)CC[C@@H](OC(=O)c2ccc([N+](=O)[O-])cc2)C1=O. The number of hydrogen-bond acceptors (Lipinski definition) is 5. The molecular formula is C19H17NO5. The van der Waals surface area contributed by atoms with Gasteiger partial charge in [-0.05, 0) is 37.5 Å². The van der Waals surface area contributed by atoms with Crippen molar-refractivity contribution in [3.63, 3.8) is 0 Å². The number of nitrogens with zero attached hydrogens (tertiary/aromatic N) is 1. The standard InChI is InChI=1S/C19H17NO5/c1-19(14-5-3-2-4-6-14)12-11-16(17(19)21)25-18(22)13-7-9-15(10-8-13)20(23)24/h2-10,16H,11-12H2,1H3/t16-,19+/m1/s1. The predicted molar refractivity (Wildman–Crippen MR) is 90.3 cm³/mol. The zero-order chi connectivity index (χ0) is 18.0. The van der Waals surface area contributed by atoms with Gasteiger partial charge in [-0.25, -0.2) is 4.79 Å². The first kappa shape index (κ1) is 16.8. The highest BCUT2D eigenvalue weighted by Gasteiger charge is 2.47. The molecule has 128 valence electrons. The normalized spacial score (nSPS) is 22.6. The van der Waals surface area contributed by atoms with E-state index in [9.17, 15) is 19.7 Å². The second-order valence-electron chi connectivity index (χ2n) is 6.30. The highest BCUT2D eigenvalue weighted by Crippen LogP contribution is 2.39. The number of carbonyl (C=O) groups excluding carboxylic acids is 2. The lowest BCUT2D eigenvalue weighted by molar-refractivity contribution is -0.384. The molecule has 3 rings (SSSR count). The van der Waals surface area contributed by atoms with E-state index >= 15 is 0 Å². The molecule has 1 aliphatic rings. The van der Waals surface area contributed by atoms with Crippen LogP contribution in [0.4, 0.5) is 5.69 Å². The Hall–Kier alpha value is -3.02. The van der Waals surface area contributed by atoms with E-state index in [-0.39, 0.29) is 17.0 Å². The van der Waals surface area contributed by atoms with Gasteiger partial charge in [0.1, 0.15) is 0 Å². The van der Waals surface area contributed by atoms with Gasteiger partial charge in [0.05, 0.1) is 15.9 Å². The minimum absolute atomic E-state index is 0.106. The quantitative estimate of drug-likeness (QED) is 0.484. The molecule has 0 N–H and O–H groups in total. The van der Waals surface area contributed by atoms with Crippen LogP contribution in [0.15, 0.2) is 54.6 Å². The minimum atomic E-state index is -0.798. The van der Waals surface area contributed by atoms with Gasteiger partial charge >= 0.3 is 5.97 Å². The lowest BCUT2D eigenvalue weighted by Gasteiger charge is -2.23. The summed E-state index contributed by atoms with van der Waals surface area (Å²) in [5.41, 5.74) is 0.326. The number of non-ortho nitro benzene ring substituents is 1. The van der Waals surface area contributed by atoms with E-state index in [0.717, 1.165) is 5.56 Å². The van der Waals surface area contributed by atoms with Gasteiger partial charge in [0, 0.05) is 12.1 Å². The fourth-order valence-corrected chi connectivity index (χ4v) is 3.15. The van der Waals surface area contributed by atoms with Gasteiger partial charge in [-0.1, -0.05) is 30.3 Å². The summed E-state index contributed by atoms with van der Waals surface area (Å²) in [6.07, 6.45) is 0.268. The zero-order valence-corrected chi connectivity index (χ0v) is 13.7. The smallest absolute Gasteiger partial charge is 0.338 e. The van der Waals surface area contributed by atoms with Crippen LogP contribution in [-0.2, 0) is 14.9 Å². The van der Waals surface area contributed by atoms with Gasteiger partial charge < -0.3 is 4.74 Å². The Kier molecular flexibility index (Phi) is 4.35. The first-order valence-electron chi connectivity index (χ1n) is 7.97. The molecule has 0 unspecified atom stereocenters. The van der Waals surface area contributed by atoms with Gasteiger partial charge in [-0.2, -0.15) is 0 Å². The Morgan fingerprint density at radius 2 is 1.80 bits per heavy atom. The third kappa shape index (κ3) is 3.15. The Morgan fingerprint density at radius 1 is 1.16 bits per heavy atom. The van der Waals surface area contributed by atoms with Crippen molar-refractivity contribution in [3.05, 3.63) is 75.8 Å². The largest absolute Gasteiger partial charge is 0.451 e. The van der Waals surface area contributed by atoms with Crippen molar-refractivity contribution >= 4 is 17.4 Å². The average Bonchev–Trinajstić information content (AvgIpc) is 2.92. The van der Waals surface area contributed by atoms with Crippen LogP contribution >= 0.6 is 0 Å². The molecule has 0 aromatic heterocycles. The monoisotopic (exact) mass is 339 g/mol. The lowest BCUT2D eigenvalue weighted by atomic mass is 9.80. The number of rotatable bonds is 4. The van der Waals surface area contributed by atoms with Crippen LogP contribution < -0.4 is 0 Å². The first-order valence-corrected chi connectivity index (χ1v) is 7.97. The molecule has 1 fully saturated rings. The number of ether oxygens (including phenoxy) is 1. The maximum Gasteiger partial charge on any atom is 0.338 e. The second-order valence-corrected chi connectivity index (χ2v) is 6.30. The number of esters is 1. The van der Waals surface area contributed by atoms with Crippen LogP contribution in [0.1, 0.15) is 35.7 Å². The summed E-state index contributed by atoms with van der Waals surface area (Å²) in [5, 5.41) is 10.7. The van der Waals surface area contributed by atoms with Gasteiger partial charge in [-0.15, -0.1) is 0 Å². The fourth-order valence-electron chi connectivity index (χ4n) is 3.15. The molecule has 25 heavy (non-hydrogen) atoms. The number of benzene rings is 2. The summed E-state index contributed by atoms with van der Waals surface area (Å²) in [7, 11) is 0. The van der Waals surface area contributed by atoms with Gasteiger partial charge in [0.15, 0.2) is 11.9 Å². The molecule has 0 heterocycles. The average molecular weight is 339 g/mol. The minimum Gasteiger partial charge on any atom is -0.451 e. The Morgan fingerprint density at radius 3 is 2.40 bits per heavy atom. The van der Waals surface area contributed by atoms with Crippen LogP contribution in [0.3, 0.4) is 0 Å². The highest BCUT2D eigenvalue weighted by atomic mass is 16.6. The van der Waals surface area contributed by atoms with Crippen molar-refractivity contribution in [2.45, 2.75) is 31.3 Å². The first-order chi connectivity index (χ1) is 11.9. The molecule has 6 nitrogen and oxygen atoms in total. The number of nitro groups is 1. The maximum atomic E-state index is 12.8. The summed E-state index contributed by atoms with van der Waals surface area (Å²) >= 11 is 0. The van der Waals surface area contributed by atoms with Crippen LogP contribution in [0.2, 0.25) is 0 Å². The van der Waals surface area contributed by atoms with Crippen LogP contribution in [0, 0.1) is 10.1 Å². The summed E-state index contributed by atoms with van der Waals surface area (Å²) in [6, 6.07) is 14.6. The second kappa shape index (κ2) is 6.47. The Balaban J connectivity index is 1.72. The van der Waals surface area contributed by atoms with Crippen molar-refractivity contribution in [3.8, 4) is 0 Å². The predicted octanol–water partition coefficient (Wildman–Crippen LogP) is 3.44. The molecular weight excluding hydrogens is 322 g/mol. The molecule has 0 aliphatic heterocycles. The van der Waals surface area contributed by atoms with Gasteiger partial charge in [-0.3, -0.25) is 14.9 Å². The van der Waals surface area contributed by atoms with Crippen molar-refractivity contribution < 1.29 is 19.2 Å². The molecule has 6 heteroatoms. The molecule has 1 saturated carbocycles. The van der Waals surface area contributed by atoms with Crippen molar-refractivity contribution in [2.24, 2.45) is 0 Å². The molecule has 0 amide bonds. The molecule has 2 aromatic rings. The van der Waals surface area contributed by atoms with Crippen LogP contribution in [0.25, 0.3) is 0 Å². The topological polar surface area (TPSA) is 86.5 Å². The van der Waals surface area contributed by atoms with E-state index < -0.39 is 22.4 Å². The number of ketones is 1. The third-order valence-corrected chi connectivity index (χ3v) is 4.72. The summed E-state index contributed by atoms with van der Waals surface area (Å²) in [5.74, 6) is -0.764. The van der Waals surface area contributed by atoms with Crippen molar-refractivity contribution in [1.82, 2.24) is 0 Å². The fraction of sp³-hybridized carbons (Fsp3) is 0.263. The lowest BCUT2D eigenvalue weighted by Crippen LogP contribution is -2.34. The van der Waals surface area contributed by atoms with E-state index in [1.807, 2.05) is 37.3 Å². The Labute approximate surface area is 144 Å². The van der Waals surface area contributed by atoms with Crippen molar-refractivity contribution in [1.29, 1.82) is 0 Å². The molecule has 1 aliphatic carbocycles. The summed E-state index contributed by atoms with van der Waals surface area (Å²) in [4.78, 5) is 35.1.